The van der Waals surface area contributed by atoms with Gasteiger partial charge in [-0.05, 0) is 18.4 Å². The molecule has 1 atom stereocenters. The van der Waals surface area contributed by atoms with E-state index in [9.17, 15) is 0 Å². The summed E-state index contributed by atoms with van der Waals surface area (Å²) in [6.07, 6.45) is 4.83. The predicted molar refractivity (Wildman–Crippen MR) is 75.9 cm³/mol. The summed E-state index contributed by atoms with van der Waals surface area (Å²) in [7, 11) is 0. The van der Waals surface area contributed by atoms with Crippen LogP contribution in [0.4, 0.5) is 0 Å². The molecular weight excluding hydrogens is 248 g/mol. The molecule has 0 saturated carbocycles. The Morgan fingerprint density at radius 2 is 2.17 bits per heavy atom. The number of halogens is 1. The predicted octanol–water partition coefficient (Wildman–Crippen LogP) is 3.79. The number of hydrogen-bond donors (Lipinski definition) is 1. The van der Waals surface area contributed by atoms with E-state index in [4.69, 9.17) is 22.1 Å². The average Bonchev–Trinajstić information content (AvgIpc) is 2.40. The molecule has 1 heterocycles. The zero-order chi connectivity index (χ0) is 13.4. The van der Waals surface area contributed by atoms with Crippen molar-refractivity contribution in [3.8, 4) is 5.88 Å². The zero-order valence-electron chi connectivity index (χ0n) is 11.3. The van der Waals surface area contributed by atoms with E-state index in [-0.39, 0.29) is 0 Å². The van der Waals surface area contributed by atoms with Crippen molar-refractivity contribution in [1.29, 1.82) is 0 Å². The van der Waals surface area contributed by atoms with Gasteiger partial charge in [0.2, 0.25) is 5.88 Å². The molecule has 2 N–H and O–H groups in total. The fourth-order valence-electron chi connectivity index (χ4n) is 1.79. The molecule has 0 fully saturated rings. The molecule has 0 bridgehead atoms. The van der Waals surface area contributed by atoms with Crippen LogP contribution in [0.5, 0.6) is 5.88 Å². The van der Waals surface area contributed by atoms with Crippen LogP contribution >= 0.6 is 11.6 Å². The van der Waals surface area contributed by atoms with E-state index >= 15 is 0 Å². The van der Waals surface area contributed by atoms with Gasteiger partial charge >= 0.3 is 0 Å². The summed E-state index contributed by atoms with van der Waals surface area (Å²) in [6, 6.07) is 3.59. The van der Waals surface area contributed by atoms with Crippen LogP contribution in [-0.4, -0.2) is 11.6 Å². The first kappa shape index (κ1) is 15.3. The SMILES string of the molecule is CCCCC(CC)COc1ccc(Cl)c(CN)n1. The highest BCUT2D eigenvalue weighted by Crippen LogP contribution is 2.19. The fraction of sp³-hybridized carbons (Fsp3) is 0.643. The largest absolute Gasteiger partial charge is 0.477 e. The zero-order valence-corrected chi connectivity index (χ0v) is 12.0. The standard InChI is InChI=1S/C14H23ClN2O/c1-3-5-6-11(4-2)10-18-14-8-7-12(15)13(9-16)17-14/h7-8,11H,3-6,9-10,16H2,1-2H3. The molecule has 18 heavy (non-hydrogen) atoms. The minimum atomic E-state index is 0.336. The molecule has 0 saturated heterocycles. The molecule has 0 spiro atoms. The van der Waals surface area contributed by atoms with Crippen molar-refractivity contribution in [1.82, 2.24) is 4.98 Å². The lowest BCUT2D eigenvalue weighted by molar-refractivity contribution is 0.225. The van der Waals surface area contributed by atoms with Gasteiger partial charge in [0.15, 0.2) is 0 Å². The van der Waals surface area contributed by atoms with E-state index in [1.165, 1.54) is 19.3 Å². The van der Waals surface area contributed by atoms with Crippen molar-refractivity contribution < 1.29 is 4.74 Å². The van der Waals surface area contributed by atoms with Crippen LogP contribution in [0.15, 0.2) is 12.1 Å². The summed E-state index contributed by atoms with van der Waals surface area (Å²) in [4.78, 5) is 4.30. The van der Waals surface area contributed by atoms with Gasteiger partial charge in [0.1, 0.15) is 0 Å². The molecule has 0 radical (unpaired) electrons. The van der Waals surface area contributed by atoms with Gasteiger partial charge < -0.3 is 10.5 Å². The first-order valence-corrected chi connectivity index (χ1v) is 7.07. The number of unbranched alkanes of at least 4 members (excludes halogenated alkanes) is 1. The first-order chi connectivity index (χ1) is 8.71. The molecule has 0 amide bonds. The molecule has 0 aliphatic carbocycles. The van der Waals surface area contributed by atoms with Gasteiger partial charge in [-0.15, -0.1) is 0 Å². The quantitative estimate of drug-likeness (QED) is 0.782. The Balaban J connectivity index is 2.51. The molecule has 102 valence electrons. The third-order valence-electron chi connectivity index (χ3n) is 3.10. The Bertz CT molecular complexity index is 358. The summed E-state index contributed by atoms with van der Waals surface area (Å²) >= 11 is 5.96. The summed E-state index contributed by atoms with van der Waals surface area (Å²) in [5.74, 6) is 1.22. The van der Waals surface area contributed by atoms with Crippen molar-refractivity contribution in [2.75, 3.05) is 6.61 Å². The average molecular weight is 271 g/mol. The number of nitrogens with zero attached hydrogens (tertiary/aromatic N) is 1. The normalized spacial score (nSPS) is 12.4. The minimum absolute atomic E-state index is 0.336. The molecule has 4 heteroatoms. The van der Waals surface area contributed by atoms with Crippen LogP contribution in [0.25, 0.3) is 0 Å². The van der Waals surface area contributed by atoms with E-state index in [2.05, 4.69) is 18.8 Å². The van der Waals surface area contributed by atoms with E-state index < -0.39 is 0 Å². The van der Waals surface area contributed by atoms with Gasteiger partial charge in [0.05, 0.1) is 17.3 Å². The molecule has 1 aromatic heterocycles. The first-order valence-electron chi connectivity index (χ1n) is 6.69. The molecule has 1 aromatic rings. The molecule has 1 rings (SSSR count). The van der Waals surface area contributed by atoms with Gasteiger partial charge in [-0.25, -0.2) is 4.98 Å². The van der Waals surface area contributed by atoms with E-state index in [1.807, 2.05) is 0 Å². The van der Waals surface area contributed by atoms with Crippen LogP contribution in [0.3, 0.4) is 0 Å². The van der Waals surface area contributed by atoms with Gasteiger partial charge in [-0.1, -0.05) is 44.7 Å². The summed E-state index contributed by atoms with van der Waals surface area (Å²) in [5.41, 5.74) is 6.26. The highest BCUT2D eigenvalue weighted by molar-refractivity contribution is 6.31. The monoisotopic (exact) mass is 270 g/mol. The molecule has 1 unspecified atom stereocenters. The topological polar surface area (TPSA) is 48.1 Å². The van der Waals surface area contributed by atoms with Crippen LogP contribution in [-0.2, 0) is 6.54 Å². The molecule has 0 aliphatic heterocycles. The Hall–Kier alpha value is -0.800. The number of nitrogens with two attached hydrogens (primary N) is 1. The Kier molecular flexibility index (Phi) is 7.06. The molecular formula is C14H23ClN2O. The van der Waals surface area contributed by atoms with Crippen LogP contribution in [0.1, 0.15) is 45.2 Å². The third-order valence-corrected chi connectivity index (χ3v) is 3.44. The fourth-order valence-corrected chi connectivity index (χ4v) is 1.97. The number of rotatable bonds is 8. The van der Waals surface area contributed by atoms with Crippen molar-refractivity contribution in [2.45, 2.75) is 46.1 Å². The Morgan fingerprint density at radius 3 is 2.78 bits per heavy atom. The van der Waals surface area contributed by atoms with Crippen LogP contribution in [0, 0.1) is 5.92 Å². The highest BCUT2D eigenvalue weighted by Gasteiger charge is 2.08. The van der Waals surface area contributed by atoms with Crippen molar-refractivity contribution in [3.63, 3.8) is 0 Å². The second-order valence-corrected chi connectivity index (χ2v) is 4.92. The van der Waals surface area contributed by atoms with Crippen molar-refractivity contribution in [3.05, 3.63) is 22.8 Å². The third kappa shape index (κ3) is 4.83. The number of hydrogen-bond acceptors (Lipinski definition) is 3. The Labute approximate surface area is 115 Å². The molecule has 3 nitrogen and oxygen atoms in total. The second kappa shape index (κ2) is 8.33. The van der Waals surface area contributed by atoms with Gasteiger partial charge in [0.25, 0.3) is 0 Å². The smallest absolute Gasteiger partial charge is 0.213 e. The molecule has 0 aliphatic rings. The maximum atomic E-state index is 5.96. The summed E-state index contributed by atoms with van der Waals surface area (Å²) in [6.45, 7) is 5.46. The lowest BCUT2D eigenvalue weighted by Gasteiger charge is -2.15. The minimum Gasteiger partial charge on any atom is -0.477 e. The number of ether oxygens (including phenoxy) is 1. The van der Waals surface area contributed by atoms with E-state index in [0.717, 1.165) is 13.0 Å². The molecule has 0 aromatic carbocycles. The van der Waals surface area contributed by atoms with Crippen molar-refractivity contribution >= 4 is 11.6 Å². The lowest BCUT2D eigenvalue weighted by Crippen LogP contribution is -2.12. The van der Waals surface area contributed by atoms with Crippen LogP contribution < -0.4 is 10.5 Å². The summed E-state index contributed by atoms with van der Waals surface area (Å²) < 4.78 is 5.73. The van der Waals surface area contributed by atoms with Crippen LogP contribution in [0.2, 0.25) is 5.02 Å². The summed E-state index contributed by atoms with van der Waals surface area (Å²) in [5, 5.41) is 0.600. The van der Waals surface area contributed by atoms with Gasteiger partial charge in [0, 0.05) is 12.6 Å². The second-order valence-electron chi connectivity index (χ2n) is 4.51. The number of pyridine rings is 1. The maximum absolute atomic E-state index is 5.96. The maximum Gasteiger partial charge on any atom is 0.213 e. The van der Waals surface area contributed by atoms with Gasteiger partial charge in [-0.3, -0.25) is 0 Å². The van der Waals surface area contributed by atoms with E-state index in [0.29, 0.717) is 29.1 Å². The number of aromatic nitrogens is 1. The van der Waals surface area contributed by atoms with Gasteiger partial charge in [-0.2, -0.15) is 0 Å². The van der Waals surface area contributed by atoms with Crippen molar-refractivity contribution in [2.24, 2.45) is 11.7 Å². The highest BCUT2D eigenvalue weighted by atomic mass is 35.5. The Morgan fingerprint density at radius 1 is 1.39 bits per heavy atom. The van der Waals surface area contributed by atoms with E-state index in [1.54, 1.807) is 12.1 Å². The lowest BCUT2D eigenvalue weighted by atomic mass is 10.0.